The van der Waals surface area contributed by atoms with Gasteiger partial charge in [-0.2, -0.15) is 0 Å². The number of rotatable bonds is 8. The van der Waals surface area contributed by atoms with Gasteiger partial charge in [0.15, 0.2) is 0 Å². The number of amides is 1. The number of methoxy groups -OCH3 is 2. The van der Waals surface area contributed by atoms with Gasteiger partial charge < -0.3 is 14.8 Å². The first-order chi connectivity index (χ1) is 16.2. The Morgan fingerprint density at radius 2 is 1.76 bits per heavy atom. The van der Waals surface area contributed by atoms with Crippen molar-refractivity contribution < 1.29 is 14.3 Å². The van der Waals surface area contributed by atoms with Gasteiger partial charge in [-0.15, -0.1) is 11.3 Å². The van der Waals surface area contributed by atoms with E-state index in [0.717, 1.165) is 33.0 Å². The molecule has 4 rings (SSSR count). The lowest BCUT2D eigenvalue weighted by Crippen LogP contribution is -2.20. The summed E-state index contributed by atoms with van der Waals surface area (Å²) in [5, 5.41) is 5.96. The van der Waals surface area contributed by atoms with Crippen LogP contribution in [0.4, 0.5) is 0 Å². The molecule has 0 spiro atoms. The summed E-state index contributed by atoms with van der Waals surface area (Å²) in [4.78, 5) is 17.0. The van der Waals surface area contributed by atoms with Crippen LogP contribution < -0.4 is 14.8 Å². The van der Waals surface area contributed by atoms with E-state index in [0.29, 0.717) is 18.0 Å². The number of thiazole rings is 1. The summed E-state index contributed by atoms with van der Waals surface area (Å²) >= 11 is 1.62. The number of benzene rings is 3. The normalized spacial score (nSPS) is 10.8. The van der Waals surface area contributed by atoms with Crippen molar-refractivity contribution in [2.75, 3.05) is 14.2 Å². The van der Waals surface area contributed by atoms with Crippen LogP contribution in [0.25, 0.3) is 27.9 Å². The lowest BCUT2D eigenvalue weighted by atomic mass is 10.1. The van der Waals surface area contributed by atoms with Gasteiger partial charge in [-0.05, 0) is 23.8 Å². The van der Waals surface area contributed by atoms with Crippen molar-refractivity contribution in [1.29, 1.82) is 0 Å². The molecule has 1 N–H and O–H groups in total. The first kappa shape index (κ1) is 22.3. The molecule has 1 heterocycles. The zero-order valence-corrected chi connectivity index (χ0v) is 19.3. The Bertz CT molecular complexity index is 1250. The average molecular weight is 457 g/mol. The Kier molecular flexibility index (Phi) is 7.17. The van der Waals surface area contributed by atoms with Gasteiger partial charge in [0.25, 0.3) is 0 Å². The third-order valence-corrected chi connectivity index (χ3v) is 5.99. The molecule has 0 aliphatic heterocycles. The summed E-state index contributed by atoms with van der Waals surface area (Å²) < 4.78 is 10.6. The second kappa shape index (κ2) is 10.6. The average Bonchev–Trinajstić information content (AvgIpc) is 3.37. The number of carbonyl (C=O) groups is 1. The van der Waals surface area contributed by atoms with Crippen molar-refractivity contribution in [2.45, 2.75) is 6.54 Å². The summed E-state index contributed by atoms with van der Waals surface area (Å²) in [6, 6.07) is 23.7. The molecular weight excluding hydrogens is 432 g/mol. The molecule has 6 heteroatoms. The number of carbonyl (C=O) groups excluding carboxylic acids is 1. The fourth-order valence-corrected chi connectivity index (χ4v) is 4.12. The topological polar surface area (TPSA) is 60.5 Å². The molecule has 0 aliphatic rings. The zero-order chi connectivity index (χ0) is 23.0. The second-order valence-electron chi connectivity index (χ2n) is 7.26. The summed E-state index contributed by atoms with van der Waals surface area (Å²) in [6.45, 7) is 0.441. The number of ether oxygens (including phenoxy) is 2. The molecule has 0 atom stereocenters. The molecule has 0 bridgehead atoms. The molecule has 0 fully saturated rings. The van der Waals surface area contributed by atoms with E-state index in [1.165, 1.54) is 6.08 Å². The van der Waals surface area contributed by atoms with Gasteiger partial charge in [0.1, 0.15) is 16.5 Å². The summed E-state index contributed by atoms with van der Waals surface area (Å²) in [5.41, 5.74) is 4.97. The van der Waals surface area contributed by atoms with E-state index in [4.69, 9.17) is 14.5 Å². The molecule has 3 aromatic carbocycles. The first-order valence-electron chi connectivity index (χ1n) is 10.4. The number of hydrogen-bond acceptors (Lipinski definition) is 5. The van der Waals surface area contributed by atoms with Gasteiger partial charge in [-0.3, -0.25) is 4.79 Å². The van der Waals surface area contributed by atoms with Crippen molar-refractivity contribution in [3.63, 3.8) is 0 Å². The molecule has 0 aliphatic carbocycles. The summed E-state index contributed by atoms with van der Waals surface area (Å²) in [6.07, 6.45) is 3.23. The fraction of sp³-hybridized carbons (Fsp3) is 0.111. The van der Waals surface area contributed by atoms with Crippen LogP contribution in [-0.4, -0.2) is 25.1 Å². The molecular formula is C27H24N2O3S. The highest BCUT2D eigenvalue weighted by Crippen LogP contribution is 2.29. The molecule has 0 saturated carbocycles. The van der Waals surface area contributed by atoms with E-state index in [2.05, 4.69) is 22.8 Å². The summed E-state index contributed by atoms with van der Waals surface area (Å²) in [7, 11) is 3.19. The minimum Gasteiger partial charge on any atom is -0.497 e. The van der Waals surface area contributed by atoms with Crippen LogP contribution in [0.3, 0.4) is 0 Å². The molecule has 0 unspecified atom stereocenters. The van der Waals surface area contributed by atoms with Crippen molar-refractivity contribution in [3.8, 4) is 33.3 Å². The smallest absolute Gasteiger partial charge is 0.244 e. The van der Waals surface area contributed by atoms with Crippen LogP contribution in [0.1, 0.15) is 11.1 Å². The number of nitrogens with zero attached hydrogens (tertiary/aromatic N) is 1. The molecule has 4 aromatic rings. The highest BCUT2D eigenvalue weighted by atomic mass is 32.1. The summed E-state index contributed by atoms with van der Waals surface area (Å²) in [5.74, 6) is 1.17. The second-order valence-corrected chi connectivity index (χ2v) is 8.12. The number of nitrogens with one attached hydrogen (secondary N) is 1. The molecule has 166 valence electrons. The Hall–Kier alpha value is -3.90. The predicted molar refractivity (Wildman–Crippen MR) is 133 cm³/mol. The van der Waals surface area contributed by atoms with Crippen LogP contribution in [-0.2, 0) is 11.3 Å². The number of aromatic nitrogens is 1. The van der Waals surface area contributed by atoms with Crippen LogP contribution in [0.2, 0.25) is 0 Å². The highest BCUT2D eigenvalue weighted by Gasteiger charge is 2.07. The third-order valence-electron chi connectivity index (χ3n) is 5.10. The van der Waals surface area contributed by atoms with Gasteiger partial charge >= 0.3 is 0 Å². The maximum Gasteiger partial charge on any atom is 0.244 e. The van der Waals surface area contributed by atoms with E-state index in [1.807, 2.05) is 54.6 Å². The van der Waals surface area contributed by atoms with E-state index in [-0.39, 0.29) is 5.91 Å². The zero-order valence-electron chi connectivity index (χ0n) is 18.4. The van der Waals surface area contributed by atoms with Crippen molar-refractivity contribution >= 4 is 23.3 Å². The van der Waals surface area contributed by atoms with Crippen LogP contribution >= 0.6 is 11.3 Å². The van der Waals surface area contributed by atoms with E-state index in [1.54, 1.807) is 37.7 Å². The van der Waals surface area contributed by atoms with Crippen LogP contribution in [0.5, 0.6) is 11.5 Å². The number of hydrogen-bond donors (Lipinski definition) is 1. The van der Waals surface area contributed by atoms with E-state index in [9.17, 15) is 4.79 Å². The molecule has 33 heavy (non-hydrogen) atoms. The molecule has 1 amide bonds. The van der Waals surface area contributed by atoms with Crippen LogP contribution in [0.15, 0.2) is 84.3 Å². The lowest BCUT2D eigenvalue weighted by Gasteiger charge is -2.07. The molecule has 0 radical (unpaired) electrons. The van der Waals surface area contributed by atoms with Gasteiger partial charge in [0, 0.05) is 40.8 Å². The lowest BCUT2D eigenvalue weighted by molar-refractivity contribution is -0.116. The van der Waals surface area contributed by atoms with Crippen molar-refractivity contribution in [2.24, 2.45) is 0 Å². The van der Waals surface area contributed by atoms with Gasteiger partial charge in [-0.1, -0.05) is 54.6 Å². The maximum atomic E-state index is 12.3. The minimum atomic E-state index is -0.177. The quantitative estimate of drug-likeness (QED) is 0.339. The Morgan fingerprint density at radius 1 is 0.970 bits per heavy atom. The maximum absolute atomic E-state index is 12.3. The van der Waals surface area contributed by atoms with Gasteiger partial charge in [-0.25, -0.2) is 4.98 Å². The Balaban J connectivity index is 1.35. The third kappa shape index (κ3) is 5.67. The Labute approximate surface area is 197 Å². The molecule has 5 nitrogen and oxygen atoms in total. The van der Waals surface area contributed by atoms with Gasteiger partial charge in [0.2, 0.25) is 5.91 Å². The molecule has 1 aromatic heterocycles. The minimum absolute atomic E-state index is 0.177. The van der Waals surface area contributed by atoms with E-state index >= 15 is 0 Å². The fourth-order valence-electron chi connectivity index (χ4n) is 3.28. The van der Waals surface area contributed by atoms with Gasteiger partial charge in [0.05, 0.1) is 19.9 Å². The van der Waals surface area contributed by atoms with E-state index < -0.39 is 0 Å². The predicted octanol–water partition coefficient (Wildman–Crippen LogP) is 5.82. The van der Waals surface area contributed by atoms with Crippen molar-refractivity contribution in [3.05, 3.63) is 95.4 Å². The standard InChI is InChI=1S/C27H24N2O3S/c1-31-23-14-12-21(25(16-23)32-2)13-15-26(30)28-17-19-8-10-22(11-9-19)27-29-24(18-33-27)20-6-4-3-5-7-20/h3-16,18H,17H2,1-2H3,(H,28,30)/b15-13+. The highest BCUT2D eigenvalue weighted by molar-refractivity contribution is 7.13. The SMILES string of the molecule is COc1ccc(/C=C/C(=O)NCc2ccc(-c3nc(-c4ccccc4)cs3)cc2)c(OC)c1. The monoisotopic (exact) mass is 456 g/mol. The first-order valence-corrected chi connectivity index (χ1v) is 11.3. The van der Waals surface area contributed by atoms with Crippen molar-refractivity contribution in [1.82, 2.24) is 10.3 Å². The molecule has 0 saturated heterocycles. The Morgan fingerprint density at radius 3 is 2.48 bits per heavy atom. The van der Waals surface area contributed by atoms with Crippen LogP contribution in [0, 0.1) is 0 Å². The largest absolute Gasteiger partial charge is 0.497 e.